The van der Waals surface area contributed by atoms with E-state index in [1.807, 2.05) is 6.92 Å². The van der Waals surface area contributed by atoms with Gasteiger partial charge in [-0.15, -0.1) is 0 Å². The first-order valence-electron chi connectivity index (χ1n) is 2.32. The molecule has 6 heavy (non-hydrogen) atoms. The maximum atomic E-state index is 5.36. The molecular weight excluding hydrogens is 74.1 g/mol. The van der Waals surface area contributed by atoms with Crippen molar-refractivity contribution in [2.24, 2.45) is 5.73 Å². The molecule has 0 spiro atoms. The van der Waals surface area contributed by atoms with Crippen LogP contribution in [0.5, 0.6) is 0 Å². The molecule has 0 saturated heterocycles. The minimum atomic E-state index is 0.336. The van der Waals surface area contributed by atoms with Gasteiger partial charge in [-0.05, 0) is 13.3 Å². The molecule has 0 fully saturated rings. The van der Waals surface area contributed by atoms with E-state index in [0.29, 0.717) is 6.04 Å². The first-order valence-corrected chi connectivity index (χ1v) is 2.32. The van der Waals surface area contributed by atoms with Gasteiger partial charge in [-0.3, -0.25) is 0 Å². The fraction of sp³-hybridized carbons (Fsp3) is 0.800. The van der Waals surface area contributed by atoms with E-state index < -0.39 is 0 Å². The van der Waals surface area contributed by atoms with Gasteiger partial charge in [0.25, 0.3) is 0 Å². The third-order valence-corrected chi connectivity index (χ3v) is 0.659. The summed E-state index contributed by atoms with van der Waals surface area (Å²) in [6.07, 6.45) is 2.00. The molecule has 1 radical (unpaired) electrons. The van der Waals surface area contributed by atoms with Crippen molar-refractivity contribution in [3.63, 3.8) is 0 Å². The van der Waals surface area contributed by atoms with Gasteiger partial charge < -0.3 is 5.73 Å². The summed E-state index contributed by atoms with van der Waals surface area (Å²) in [5.74, 6) is 0. The Morgan fingerprint density at radius 3 is 2.33 bits per heavy atom. The summed E-state index contributed by atoms with van der Waals surface area (Å²) in [7, 11) is 0. The minimum Gasteiger partial charge on any atom is -0.328 e. The average molecular weight is 86.2 g/mol. The van der Waals surface area contributed by atoms with E-state index >= 15 is 0 Å². The number of nitrogens with two attached hydrogens (primary N) is 1. The Bertz CT molecular complexity index is 25.1. The second kappa shape index (κ2) is 3.16. The van der Waals surface area contributed by atoms with Gasteiger partial charge in [0.05, 0.1) is 0 Å². The summed E-state index contributed by atoms with van der Waals surface area (Å²) in [4.78, 5) is 0. The summed E-state index contributed by atoms with van der Waals surface area (Å²) in [5.41, 5.74) is 5.36. The van der Waals surface area contributed by atoms with Gasteiger partial charge in [0, 0.05) is 6.04 Å². The van der Waals surface area contributed by atoms with Crippen molar-refractivity contribution < 1.29 is 0 Å². The molecule has 0 aromatic rings. The van der Waals surface area contributed by atoms with Crippen LogP contribution in [0.25, 0.3) is 0 Å². The molecule has 2 N–H and O–H groups in total. The molecule has 0 unspecified atom stereocenters. The Labute approximate surface area is 39.5 Å². The molecule has 0 aromatic heterocycles. The van der Waals surface area contributed by atoms with Crippen LogP contribution in [-0.2, 0) is 0 Å². The molecule has 0 bridgehead atoms. The molecule has 0 aliphatic carbocycles. The van der Waals surface area contributed by atoms with Gasteiger partial charge in [-0.2, -0.15) is 0 Å². The van der Waals surface area contributed by atoms with Crippen molar-refractivity contribution in [2.75, 3.05) is 0 Å². The zero-order valence-electron chi connectivity index (χ0n) is 4.28. The Morgan fingerprint density at radius 1 is 1.83 bits per heavy atom. The number of rotatable bonds is 2. The van der Waals surface area contributed by atoms with Crippen LogP contribution >= 0.6 is 0 Å². The van der Waals surface area contributed by atoms with E-state index in [0.717, 1.165) is 12.8 Å². The maximum absolute atomic E-state index is 5.36. The van der Waals surface area contributed by atoms with Crippen molar-refractivity contribution in [1.29, 1.82) is 0 Å². The molecule has 0 aliphatic rings. The van der Waals surface area contributed by atoms with E-state index in [4.69, 9.17) is 5.73 Å². The molecule has 37 valence electrons. The highest BCUT2D eigenvalue weighted by atomic mass is 14.6. The van der Waals surface area contributed by atoms with Crippen molar-refractivity contribution >= 4 is 0 Å². The second-order valence-electron chi connectivity index (χ2n) is 1.62. The molecule has 0 aliphatic heterocycles. The van der Waals surface area contributed by atoms with Gasteiger partial charge in [0.15, 0.2) is 0 Å². The first-order chi connectivity index (χ1) is 2.77. The molecular formula is C5H12N. The van der Waals surface area contributed by atoms with E-state index in [-0.39, 0.29) is 0 Å². The van der Waals surface area contributed by atoms with Crippen LogP contribution in [0.4, 0.5) is 0 Å². The van der Waals surface area contributed by atoms with Crippen molar-refractivity contribution in [1.82, 2.24) is 0 Å². The lowest BCUT2D eigenvalue weighted by molar-refractivity contribution is 0.675. The summed E-state index contributed by atoms with van der Waals surface area (Å²) in [6.45, 7) is 5.64. The third-order valence-electron chi connectivity index (χ3n) is 0.659. The fourth-order valence-corrected chi connectivity index (χ4v) is 0.322. The van der Waals surface area contributed by atoms with Crippen LogP contribution in [0.3, 0.4) is 0 Å². The van der Waals surface area contributed by atoms with E-state index in [9.17, 15) is 0 Å². The summed E-state index contributed by atoms with van der Waals surface area (Å²) in [6, 6.07) is 0.336. The first kappa shape index (κ1) is 5.96. The molecule has 1 atom stereocenters. The highest BCUT2D eigenvalue weighted by Crippen LogP contribution is 1.87. The normalized spacial score (nSPS) is 14.5. The quantitative estimate of drug-likeness (QED) is 0.532. The number of hydrogen-bond acceptors (Lipinski definition) is 1. The lowest BCUT2D eigenvalue weighted by atomic mass is 10.2. The minimum absolute atomic E-state index is 0.336. The molecule has 0 aromatic carbocycles. The third kappa shape index (κ3) is 3.96. The fourth-order valence-electron chi connectivity index (χ4n) is 0.322. The monoisotopic (exact) mass is 86.1 g/mol. The van der Waals surface area contributed by atoms with Crippen LogP contribution in [-0.4, -0.2) is 6.04 Å². The molecule has 0 amide bonds. The van der Waals surface area contributed by atoms with Gasteiger partial charge in [0.2, 0.25) is 0 Å². The molecule has 0 saturated carbocycles. The van der Waals surface area contributed by atoms with E-state index in [1.165, 1.54) is 0 Å². The summed E-state index contributed by atoms with van der Waals surface area (Å²) < 4.78 is 0. The largest absolute Gasteiger partial charge is 0.328 e. The van der Waals surface area contributed by atoms with Crippen LogP contribution in [0.2, 0.25) is 0 Å². The lowest BCUT2D eigenvalue weighted by Crippen LogP contribution is -2.13. The Morgan fingerprint density at radius 2 is 2.33 bits per heavy atom. The average Bonchev–Trinajstić information content (AvgIpc) is 1.35. The topological polar surface area (TPSA) is 26.0 Å². The van der Waals surface area contributed by atoms with E-state index in [1.54, 1.807) is 0 Å². The zero-order chi connectivity index (χ0) is 4.99. The second-order valence-corrected chi connectivity index (χ2v) is 1.62. The Hall–Kier alpha value is -0.0400. The van der Waals surface area contributed by atoms with Crippen LogP contribution < -0.4 is 5.73 Å². The number of hydrogen-bond donors (Lipinski definition) is 1. The molecule has 0 heterocycles. The van der Waals surface area contributed by atoms with Crippen LogP contribution in [0, 0.1) is 6.92 Å². The van der Waals surface area contributed by atoms with Crippen LogP contribution in [0.1, 0.15) is 19.8 Å². The maximum Gasteiger partial charge on any atom is 0.00104 e. The lowest BCUT2D eigenvalue weighted by Gasteiger charge is -1.96. The smallest absolute Gasteiger partial charge is 0.00104 e. The van der Waals surface area contributed by atoms with Crippen molar-refractivity contribution in [3.8, 4) is 0 Å². The Balaban J connectivity index is 2.63. The predicted molar refractivity (Wildman–Crippen MR) is 28.2 cm³/mol. The van der Waals surface area contributed by atoms with Gasteiger partial charge in [-0.1, -0.05) is 13.3 Å². The zero-order valence-corrected chi connectivity index (χ0v) is 4.28. The molecule has 1 heteroatoms. The highest BCUT2D eigenvalue weighted by Gasteiger charge is 1.85. The van der Waals surface area contributed by atoms with Crippen molar-refractivity contribution in [2.45, 2.75) is 25.8 Å². The standard InChI is InChI=1S/C5H12N/c1-3-4-5(2)6/h5H,1,3-4,6H2,2H3/t5-/m1/s1. The molecule has 0 rings (SSSR count). The van der Waals surface area contributed by atoms with Gasteiger partial charge in [0.1, 0.15) is 0 Å². The highest BCUT2D eigenvalue weighted by molar-refractivity contribution is 4.52. The Kier molecular flexibility index (Phi) is 3.14. The van der Waals surface area contributed by atoms with Crippen molar-refractivity contribution in [3.05, 3.63) is 6.92 Å². The SMILES string of the molecule is [CH2]CC[C@@H](C)N. The van der Waals surface area contributed by atoms with Gasteiger partial charge >= 0.3 is 0 Å². The molecule has 1 nitrogen and oxygen atoms in total. The predicted octanol–water partition coefficient (Wildman–Crippen LogP) is 0.948. The van der Waals surface area contributed by atoms with Gasteiger partial charge in [-0.25, -0.2) is 0 Å². The summed E-state index contributed by atoms with van der Waals surface area (Å²) in [5, 5.41) is 0. The van der Waals surface area contributed by atoms with Crippen LogP contribution in [0.15, 0.2) is 0 Å². The summed E-state index contributed by atoms with van der Waals surface area (Å²) >= 11 is 0. The van der Waals surface area contributed by atoms with E-state index in [2.05, 4.69) is 6.92 Å².